The van der Waals surface area contributed by atoms with Crippen molar-refractivity contribution in [1.29, 1.82) is 0 Å². The first-order valence-electron chi connectivity index (χ1n) is 10.8. The van der Waals surface area contributed by atoms with Crippen LogP contribution in [-0.2, 0) is 9.53 Å². The molecule has 0 radical (unpaired) electrons. The Hall–Kier alpha value is -4.20. The van der Waals surface area contributed by atoms with Crippen LogP contribution in [0.4, 0.5) is 10.5 Å². The monoisotopic (exact) mass is 459 g/mol. The number of nitrogens with one attached hydrogen (secondary N) is 2. The van der Waals surface area contributed by atoms with Crippen molar-refractivity contribution in [2.24, 2.45) is 0 Å². The number of nitrogens with zero attached hydrogens (tertiary/aromatic N) is 1. The topological polar surface area (TPSA) is 118 Å². The molecule has 2 aromatic carbocycles. The molecule has 2 amide bonds. The van der Waals surface area contributed by atoms with Gasteiger partial charge in [0, 0.05) is 24.1 Å². The minimum Gasteiger partial charge on any atom is -0.478 e. The zero-order chi connectivity index (χ0) is 24.3. The standard InChI is InChI=1S/C26H25N3O5/c1-26(2,12-23(30)28-17-11-16(24(31)32)13-27-14-17)29-25(33)34-15-22-20-9-5-3-7-18(20)19-8-4-6-10-21(19)22/h3-11,13-14,22H,12,15H2,1-2H3,(H,28,30)(H,29,33)(H,31,32). The molecule has 0 aliphatic heterocycles. The molecule has 8 heteroatoms. The number of amides is 2. The third-order valence-electron chi connectivity index (χ3n) is 5.66. The van der Waals surface area contributed by atoms with Crippen LogP contribution < -0.4 is 10.6 Å². The van der Waals surface area contributed by atoms with Gasteiger partial charge in [-0.05, 0) is 42.2 Å². The van der Waals surface area contributed by atoms with E-state index >= 15 is 0 Å². The summed E-state index contributed by atoms with van der Waals surface area (Å²) in [4.78, 5) is 39.9. The van der Waals surface area contributed by atoms with Gasteiger partial charge in [-0.3, -0.25) is 9.78 Å². The van der Waals surface area contributed by atoms with E-state index < -0.39 is 23.5 Å². The first kappa shape index (κ1) is 23.0. The van der Waals surface area contributed by atoms with Crippen molar-refractivity contribution in [3.8, 4) is 11.1 Å². The van der Waals surface area contributed by atoms with Crippen molar-refractivity contribution in [2.75, 3.05) is 11.9 Å². The van der Waals surface area contributed by atoms with Gasteiger partial charge in [0.05, 0.1) is 17.4 Å². The minimum atomic E-state index is -1.14. The number of benzene rings is 2. The predicted octanol–water partition coefficient (Wildman–Crippen LogP) is 4.43. The van der Waals surface area contributed by atoms with Crippen LogP contribution in [0.1, 0.15) is 47.7 Å². The Labute approximate surface area is 197 Å². The largest absolute Gasteiger partial charge is 0.478 e. The average Bonchev–Trinajstić information content (AvgIpc) is 3.11. The first-order chi connectivity index (χ1) is 16.2. The molecular formula is C26H25N3O5. The molecule has 174 valence electrons. The maximum absolute atomic E-state index is 12.6. The van der Waals surface area contributed by atoms with Crippen molar-refractivity contribution in [3.05, 3.63) is 83.7 Å². The van der Waals surface area contributed by atoms with Gasteiger partial charge in [-0.25, -0.2) is 9.59 Å². The summed E-state index contributed by atoms with van der Waals surface area (Å²) in [6, 6.07) is 17.5. The molecule has 0 bridgehead atoms. The van der Waals surface area contributed by atoms with Gasteiger partial charge in [-0.15, -0.1) is 0 Å². The van der Waals surface area contributed by atoms with Gasteiger partial charge in [0.15, 0.2) is 0 Å². The number of aromatic nitrogens is 1. The number of anilines is 1. The van der Waals surface area contributed by atoms with Crippen LogP contribution in [0.25, 0.3) is 11.1 Å². The van der Waals surface area contributed by atoms with Crippen LogP contribution in [0, 0.1) is 0 Å². The molecule has 1 aromatic heterocycles. The molecule has 0 saturated heterocycles. The second-order valence-corrected chi connectivity index (χ2v) is 8.83. The third-order valence-corrected chi connectivity index (χ3v) is 5.66. The van der Waals surface area contributed by atoms with E-state index in [-0.39, 0.29) is 30.2 Å². The molecule has 0 atom stereocenters. The molecule has 34 heavy (non-hydrogen) atoms. The minimum absolute atomic E-state index is 0.0335. The molecule has 0 fully saturated rings. The zero-order valence-electron chi connectivity index (χ0n) is 18.9. The van der Waals surface area contributed by atoms with Crippen molar-refractivity contribution < 1.29 is 24.2 Å². The highest BCUT2D eigenvalue weighted by atomic mass is 16.5. The van der Waals surface area contributed by atoms with Crippen molar-refractivity contribution >= 4 is 23.7 Å². The van der Waals surface area contributed by atoms with Crippen molar-refractivity contribution in [1.82, 2.24) is 10.3 Å². The number of rotatable bonds is 7. The maximum Gasteiger partial charge on any atom is 0.407 e. The fourth-order valence-electron chi connectivity index (χ4n) is 4.19. The molecule has 8 nitrogen and oxygen atoms in total. The smallest absolute Gasteiger partial charge is 0.407 e. The van der Waals surface area contributed by atoms with E-state index in [1.54, 1.807) is 13.8 Å². The summed E-state index contributed by atoms with van der Waals surface area (Å²) in [6.07, 6.45) is 1.89. The molecule has 0 saturated carbocycles. The quantitative estimate of drug-likeness (QED) is 0.481. The summed E-state index contributed by atoms with van der Waals surface area (Å²) < 4.78 is 5.56. The normalized spacial score (nSPS) is 12.4. The van der Waals surface area contributed by atoms with Crippen LogP contribution in [0.2, 0.25) is 0 Å². The Morgan fingerprint density at radius 3 is 2.24 bits per heavy atom. The number of pyridine rings is 1. The number of carbonyl (C=O) groups is 3. The van der Waals surface area contributed by atoms with E-state index in [1.165, 1.54) is 18.5 Å². The molecule has 3 aromatic rings. The highest BCUT2D eigenvalue weighted by Gasteiger charge is 2.30. The van der Waals surface area contributed by atoms with Crippen molar-refractivity contribution in [3.63, 3.8) is 0 Å². The number of hydrogen-bond acceptors (Lipinski definition) is 5. The molecule has 3 N–H and O–H groups in total. The number of aromatic carboxylic acids is 1. The summed E-state index contributed by atoms with van der Waals surface area (Å²) in [5, 5.41) is 14.4. The maximum atomic E-state index is 12.6. The Kier molecular flexibility index (Phi) is 6.32. The van der Waals surface area contributed by atoms with Gasteiger partial charge in [0.25, 0.3) is 0 Å². The molecule has 1 aliphatic rings. The SMILES string of the molecule is CC(C)(CC(=O)Nc1cncc(C(=O)O)c1)NC(=O)OCC1c2ccccc2-c2ccccc21. The Balaban J connectivity index is 1.34. The van der Waals surface area contributed by atoms with Crippen LogP contribution in [-0.4, -0.2) is 40.2 Å². The summed E-state index contributed by atoms with van der Waals surface area (Å²) >= 11 is 0. The van der Waals surface area contributed by atoms with E-state index in [1.807, 2.05) is 36.4 Å². The van der Waals surface area contributed by atoms with Gasteiger partial charge in [-0.1, -0.05) is 48.5 Å². The lowest BCUT2D eigenvalue weighted by molar-refractivity contribution is -0.117. The van der Waals surface area contributed by atoms with Crippen LogP contribution in [0.5, 0.6) is 0 Å². The van der Waals surface area contributed by atoms with Gasteiger partial charge < -0.3 is 20.5 Å². The summed E-state index contributed by atoms with van der Waals surface area (Å²) in [5.74, 6) is -1.59. The molecule has 0 unspecified atom stereocenters. The zero-order valence-corrected chi connectivity index (χ0v) is 18.9. The van der Waals surface area contributed by atoms with E-state index in [4.69, 9.17) is 9.84 Å². The fourth-order valence-corrected chi connectivity index (χ4v) is 4.19. The Morgan fingerprint density at radius 2 is 1.62 bits per heavy atom. The predicted molar refractivity (Wildman–Crippen MR) is 127 cm³/mol. The summed E-state index contributed by atoms with van der Waals surface area (Å²) in [5.41, 5.74) is 3.86. The summed E-state index contributed by atoms with van der Waals surface area (Å²) in [7, 11) is 0. The number of hydrogen-bond donors (Lipinski definition) is 3. The second kappa shape index (κ2) is 9.35. The molecule has 1 heterocycles. The van der Waals surface area contributed by atoms with E-state index in [9.17, 15) is 14.4 Å². The second-order valence-electron chi connectivity index (χ2n) is 8.83. The van der Waals surface area contributed by atoms with E-state index in [2.05, 4.69) is 27.8 Å². The van der Waals surface area contributed by atoms with Gasteiger partial charge in [0.1, 0.15) is 6.61 Å². The third kappa shape index (κ3) is 5.06. The Morgan fingerprint density at radius 1 is 1.00 bits per heavy atom. The van der Waals surface area contributed by atoms with Gasteiger partial charge in [0.2, 0.25) is 5.91 Å². The summed E-state index contributed by atoms with van der Waals surface area (Å²) in [6.45, 7) is 3.59. The highest BCUT2D eigenvalue weighted by Crippen LogP contribution is 2.44. The highest BCUT2D eigenvalue weighted by molar-refractivity contribution is 5.94. The number of alkyl carbamates (subject to hydrolysis) is 1. The van der Waals surface area contributed by atoms with Gasteiger partial charge >= 0.3 is 12.1 Å². The van der Waals surface area contributed by atoms with Gasteiger partial charge in [-0.2, -0.15) is 0 Å². The number of carboxylic acids is 1. The lowest BCUT2D eigenvalue weighted by Crippen LogP contribution is -2.46. The number of fused-ring (bicyclic) bond motifs is 3. The van der Waals surface area contributed by atoms with Crippen LogP contribution in [0.15, 0.2) is 67.0 Å². The average molecular weight is 460 g/mol. The van der Waals surface area contributed by atoms with Crippen LogP contribution in [0.3, 0.4) is 0 Å². The van der Waals surface area contributed by atoms with E-state index in [0.717, 1.165) is 22.3 Å². The first-order valence-corrected chi connectivity index (χ1v) is 10.8. The van der Waals surface area contributed by atoms with Crippen LogP contribution >= 0.6 is 0 Å². The fraction of sp³-hybridized carbons (Fsp3) is 0.231. The number of carbonyl (C=O) groups excluding carboxylic acids is 2. The van der Waals surface area contributed by atoms with E-state index in [0.29, 0.717) is 0 Å². The lowest BCUT2D eigenvalue weighted by Gasteiger charge is -2.25. The molecule has 1 aliphatic carbocycles. The molecule has 0 spiro atoms. The molecular weight excluding hydrogens is 434 g/mol. The van der Waals surface area contributed by atoms with Crippen molar-refractivity contribution in [2.45, 2.75) is 31.7 Å². The number of ether oxygens (including phenoxy) is 1. The lowest BCUT2D eigenvalue weighted by atomic mass is 9.98. The Bertz CT molecular complexity index is 1210. The number of carboxylic acid groups (broad SMARTS) is 1. The molecule has 4 rings (SSSR count).